The minimum absolute atomic E-state index is 0.0299. The van der Waals surface area contributed by atoms with Crippen LogP contribution in [0.3, 0.4) is 0 Å². The minimum Gasteiger partial charge on any atom is -0.335 e. The molecule has 0 spiro atoms. The van der Waals surface area contributed by atoms with Crippen LogP contribution in [0.5, 0.6) is 0 Å². The lowest BCUT2D eigenvalue weighted by Gasteiger charge is -2.25. The van der Waals surface area contributed by atoms with Gasteiger partial charge in [-0.05, 0) is 50.3 Å². The van der Waals surface area contributed by atoms with E-state index in [1.54, 1.807) is 12.1 Å². The Morgan fingerprint density at radius 3 is 2.80 bits per heavy atom. The van der Waals surface area contributed by atoms with Gasteiger partial charge in [-0.3, -0.25) is 4.79 Å². The highest BCUT2D eigenvalue weighted by molar-refractivity contribution is 6.30. The largest absolute Gasteiger partial charge is 0.335 e. The molecule has 1 aromatic heterocycles. The van der Waals surface area contributed by atoms with Gasteiger partial charge in [0, 0.05) is 25.3 Å². The third-order valence-corrected chi connectivity index (χ3v) is 4.24. The molecule has 1 atom stereocenters. The van der Waals surface area contributed by atoms with Crippen LogP contribution >= 0.6 is 11.6 Å². The van der Waals surface area contributed by atoms with E-state index >= 15 is 0 Å². The zero-order valence-electron chi connectivity index (χ0n) is 11.5. The molecule has 1 unspecified atom stereocenters. The van der Waals surface area contributed by atoms with Crippen LogP contribution in [0.15, 0.2) is 18.3 Å². The molecule has 0 aromatic carbocycles. The first-order valence-electron chi connectivity index (χ1n) is 7.36. The Morgan fingerprint density at radius 1 is 1.35 bits per heavy atom. The topological polar surface area (TPSA) is 45.2 Å². The molecule has 3 rings (SSSR count). The summed E-state index contributed by atoms with van der Waals surface area (Å²) in [7, 11) is 0. The Morgan fingerprint density at radius 2 is 2.20 bits per heavy atom. The van der Waals surface area contributed by atoms with Crippen molar-refractivity contribution in [1.82, 2.24) is 15.2 Å². The van der Waals surface area contributed by atoms with Crippen LogP contribution in [0.4, 0.5) is 0 Å². The fourth-order valence-corrected chi connectivity index (χ4v) is 2.81. The highest BCUT2D eigenvalue weighted by Crippen LogP contribution is 2.30. The van der Waals surface area contributed by atoms with Gasteiger partial charge in [-0.2, -0.15) is 0 Å². The number of pyridine rings is 1. The molecule has 20 heavy (non-hydrogen) atoms. The summed E-state index contributed by atoms with van der Waals surface area (Å²) in [6, 6.07) is 3.88. The molecule has 1 aliphatic heterocycles. The van der Waals surface area contributed by atoms with Crippen LogP contribution in [0.25, 0.3) is 0 Å². The average molecular weight is 294 g/mol. The van der Waals surface area contributed by atoms with E-state index in [9.17, 15) is 4.79 Å². The van der Waals surface area contributed by atoms with Crippen LogP contribution in [-0.4, -0.2) is 41.5 Å². The van der Waals surface area contributed by atoms with Crippen LogP contribution < -0.4 is 5.32 Å². The molecule has 108 valence electrons. The molecular formula is C15H20ClN3O. The summed E-state index contributed by atoms with van der Waals surface area (Å²) in [5, 5.41) is 4.02. The van der Waals surface area contributed by atoms with E-state index in [0.29, 0.717) is 22.7 Å². The van der Waals surface area contributed by atoms with Crippen molar-refractivity contribution < 1.29 is 4.79 Å². The molecule has 4 nitrogen and oxygen atoms in total. The summed E-state index contributed by atoms with van der Waals surface area (Å²) in [6.07, 6.45) is 6.39. The second kappa shape index (κ2) is 6.10. The van der Waals surface area contributed by atoms with Crippen LogP contribution in [-0.2, 0) is 0 Å². The lowest BCUT2D eigenvalue weighted by molar-refractivity contribution is 0.0727. The van der Waals surface area contributed by atoms with E-state index in [2.05, 4.69) is 10.3 Å². The standard InChI is InChI=1S/C15H20ClN3O/c16-12-5-6-14(18-8-12)15(20)19(9-11-3-4-11)10-13-2-1-7-17-13/h5-6,8,11,13,17H,1-4,7,9-10H2. The number of aromatic nitrogens is 1. The van der Waals surface area contributed by atoms with Gasteiger partial charge in [0.15, 0.2) is 0 Å². The molecule has 2 heterocycles. The predicted octanol–water partition coefficient (Wildman–Crippen LogP) is 2.34. The molecule has 2 fully saturated rings. The average Bonchev–Trinajstić information content (AvgIpc) is 3.12. The molecule has 1 saturated heterocycles. The number of hydrogen-bond donors (Lipinski definition) is 1. The maximum absolute atomic E-state index is 12.6. The fourth-order valence-electron chi connectivity index (χ4n) is 2.70. The van der Waals surface area contributed by atoms with Gasteiger partial charge in [0.2, 0.25) is 0 Å². The van der Waals surface area contributed by atoms with Crippen molar-refractivity contribution >= 4 is 17.5 Å². The molecule has 1 amide bonds. The first kappa shape index (κ1) is 13.8. The second-order valence-electron chi connectivity index (χ2n) is 5.81. The molecule has 0 bridgehead atoms. The van der Waals surface area contributed by atoms with Crippen LogP contribution in [0.1, 0.15) is 36.2 Å². The van der Waals surface area contributed by atoms with Crippen LogP contribution in [0.2, 0.25) is 5.02 Å². The lowest BCUT2D eigenvalue weighted by atomic mass is 10.2. The van der Waals surface area contributed by atoms with E-state index in [-0.39, 0.29) is 5.91 Å². The van der Waals surface area contributed by atoms with E-state index < -0.39 is 0 Å². The Hall–Kier alpha value is -1.13. The Bertz CT molecular complexity index is 467. The van der Waals surface area contributed by atoms with Crippen molar-refractivity contribution in [2.75, 3.05) is 19.6 Å². The fraction of sp³-hybridized carbons (Fsp3) is 0.600. The molecule has 1 N–H and O–H groups in total. The van der Waals surface area contributed by atoms with Gasteiger partial charge in [-0.15, -0.1) is 0 Å². The monoisotopic (exact) mass is 293 g/mol. The summed E-state index contributed by atoms with van der Waals surface area (Å²) in [5.74, 6) is 0.718. The number of hydrogen-bond acceptors (Lipinski definition) is 3. The van der Waals surface area contributed by atoms with E-state index in [0.717, 1.165) is 26.1 Å². The van der Waals surface area contributed by atoms with Crippen molar-refractivity contribution in [3.8, 4) is 0 Å². The van der Waals surface area contributed by atoms with Gasteiger partial charge in [0.1, 0.15) is 5.69 Å². The predicted molar refractivity (Wildman–Crippen MR) is 78.9 cm³/mol. The third kappa shape index (κ3) is 3.49. The van der Waals surface area contributed by atoms with Gasteiger partial charge in [0.05, 0.1) is 5.02 Å². The van der Waals surface area contributed by atoms with Gasteiger partial charge in [0.25, 0.3) is 5.91 Å². The Balaban J connectivity index is 1.69. The van der Waals surface area contributed by atoms with E-state index in [1.165, 1.54) is 25.5 Å². The minimum atomic E-state index is 0.0299. The quantitative estimate of drug-likeness (QED) is 0.906. The van der Waals surface area contributed by atoms with Crippen molar-refractivity contribution in [1.29, 1.82) is 0 Å². The Kier molecular flexibility index (Phi) is 4.22. The Labute approximate surface area is 124 Å². The zero-order valence-corrected chi connectivity index (χ0v) is 12.3. The summed E-state index contributed by atoms with van der Waals surface area (Å²) < 4.78 is 0. The summed E-state index contributed by atoms with van der Waals surface area (Å²) in [6.45, 7) is 2.72. The smallest absolute Gasteiger partial charge is 0.272 e. The number of nitrogens with zero attached hydrogens (tertiary/aromatic N) is 2. The lowest BCUT2D eigenvalue weighted by Crippen LogP contribution is -2.42. The maximum Gasteiger partial charge on any atom is 0.272 e. The SMILES string of the molecule is O=C(c1ccc(Cl)cn1)N(CC1CC1)CC1CCCN1. The number of nitrogens with one attached hydrogen (secondary N) is 1. The van der Waals surface area contributed by atoms with Gasteiger partial charge in [-0.1, -0.05) is 11.6 Å². The molecule has 5 heteroatoms. The summed E-state index contributed by atoms with van der Waals surface area (Å²) in [4.78, 5) is 18.7. The highest BCUT2D eigenvalue weighted by Gasteiger charge is 2.29. The maximum atomic E-state index is 12.6. The number of carbonyl (C=O) groups is 1. The highest BCUT2D eigenvalue weighted by atomic mass is 35.5. The molecule has 1 aromatic rings. The van der Waals surface area contributed by atoms with Gasteiger partial charge < -0.3 is 10.2 Å². The second-order valence-corrected chi connectivity index (χ2v) is 6.24. The van der Waals surface area contributed by atoms with Crippen molar-refractivity contribution in [2.24, 2.45) is 5.92 Å². The molecule has 2 aliphatic rings. The number of rotatable bonds is 5. The number of carbonyl (C=O) groups excluding carboxylic acids is 1. The number of halogens is 1. The first-order valence-corrected chi connectivity index (χ1v) is 7.74. The van der Waals surface area contributed by atoms with E-state index in [1.807, 2.05) is 4.90 Å². The van der Waals surface area contributed by atoms with Gasteiger partial charge >= 0.3 is 0 Å². The van der Waals surface area contributed by atoms with Crippen molar-refractivity contribution in [3.63, 3.8) is 0 Å². The molecule has 1 saturated carbocycles. The van der Waals surface area contributed by atoms with Crippen molar-refractivity contribution in [2.45, 2.75) is 31.7 Å². The summed E-state index contributed by atoms with van der Waals surface area (Å²) in [5.41, 5.74) is 0.494. The zero-order chi connectivity index (χ0) is 13.9. The normalized spacial score (nSPS) is 21.9. The molecule has 0 radical (unpaired) electrons. The van der Waals surface area contributed by atoms with Crippen LogP contribution in [0, 0.1) is 5.92 Å². The van der Waals surface area contributed by atoms with E-state index in [4.69, 9.17) is 11.6 Å². The molecular weight excluding hydrogens is 274 g/mol. The van der Waals surface area contributed by atoms with Crippen molar-refractivity contribution in [3.05, 3.63) is 29.0 Å². The molecule has 1 aliphatic carbocycles. The number of amides is 1. The summed E-state index contributed by atoms with van der Waals surface area (Å²) >= 11 is 5.83. The first-order chi connectivity index (χ1) is 9.72. The third-order valence-electron chi connectivity index (χ3n) is 4.01. The van der Waals surface area contributed by atoms with Gasteiger partial charge in [-0.25, -0.2) is 4.98 Å².